The van der Waals surface area contributed by atoms with Crippen LogP contribution in [0.25, 0.3) is 0 Å². The fraction of sp³-hybridized carbons (Fsp3) is 0.778. The largest absolute Gasteiger partial charge is 0.335 e. The van der Waals surface area contributed by atoms with Crippen LogP contribution >= 0.6 is 23.7 Å². The molecule has 6 heteroatoms. The molecule has 0 fully saturated rings. The molecule has 1 heterocycles. The van der Waals surface area contributed by atoms with Crippen LogP contribution in [0.15, 0.2) is 5.38 Å². The Bertz CT molecular complexity index is 477. The van der Waals surface area contributed by atoms with Gasteiger partial charge in [0.1, 0.15) is 10.7 Å². The molecule has 4 nitrogen and oxygen atoms in total. The highest BCUT2D eigenvalue weighted by Gasteiger charge is 2.23. The van der Waals surface area contributed by atoms with Crippen LogP contribution in [0.4, 0.5) is 0 Å². The number of aromatic nitrogens is 1. The number of nitrogens with two attached hydrogens (primary N) is 1. The number of nitrogens with zero attached hydrogens (tertiary/aromatic N) is 2. The van der Waals surface area contributed by atoms with E-state index in [-0.39, 0.29) is 24.4 Å². The van der Waals surface area contributed by atoms with Crippen molar-refractivity contribution in [3.63, 3.8) is 0 Å². The predicted octanol–water partition coefficient (Wildman–Crippen LogP) is 4.73. The number of hydrogen-bond donors (Lipinski definition) is 1. The number of amides is 1. The molecular formula is C18H34ClN3OS. The van der Waals surface area contributed by atoms with Crippen molar-refractivity contribution < 1.29 is 4.79 Å². The SMILES string of the molecule is CC(C)CCCC(C)N(CCC(C)C)C(=O)c1csc(CN)n1.Cl. The van der Waals surface area contributed by atoms with Crippen LogP contribution in [0, 0.1) is 11.8 Å². The summed E-state index contributed by atoms with van der Waals surface area (Å²) in [5.41, 5.74) is 6.17. The molecule has 1 unspecified atom stereocenters. The average Bonchev–Trinajstić information content (AvgIpc) is 2.95. The third-order valence-corrected chi connectivity index (χ3v) is 4.96. The molecule has 0 aliphatic carbocycles. The van der Waals surface area contributed by atoms with Crippen molar-refractivity contribution in [1.29, 1.82) is 0 Å². The molecule has 0 spiro atoms. The van der Waals surface area contributed by atoms with E-state index in [2.05, 4.69) is 39.6 Å². The van der Waals surface area contributed by atoms with Crippen molar-refractivity contribution in [2.45, 2.75) is 72.9 Å². The molecule has 1 atom stereocenters. The van der Waals surface area contributed by atoms with Crippen molar-refractivity contribution in [2.75, 3.05) is 6.54 Å². The second-order valence-corrected chi connectivity index (χ2v) is 8.13. The number of hydrogen-bond acceptors (Lipinski definition) is 4. The van der Waals surface area contributed by atoms with E-state index in [0.29, 0.717) is 24.1 Å². The van der Waals surface area contributed by atoms with Crippen molar-refractivity contribution in [3.05, 3.63) is 16.1 Å². The molecule has 24 heavy (non-hydrogen) atoms. The minimum atomic E-state index is 0. The van der Waals surface area contributed by atoms with E-state index in [0.717, 1.165) is 30.8 Å². The molecule has 0 bridgehead atoms. The molecule has 0 aliphatic rings. The second kappa shape index (κ2) is 11.8. The lowest BCUT2D eigenvalue weighted by atomic mass is 10.0. The van der Waals surface area contributed by atoms with Gasteiger partial charge in [0.05, 0.1) is 0 Å². The first-order valence-electron chi connectivity index (χ1n) is 8.80. The van der Waals surface area contributed by atoms with Crippen molar-refractivity contribution in [2.24, 2.45) is 17.6 Å². The molecule has 2 N–H and O–H groups in total. The summed E-state index contributed by atoms with van der Waals surface area (Å²) in [5, 5.41) is 2.66. The molecular weight excluding hydrogens is 342 g/mol. The Hall–Kier alpha value is -0.650. The standard InChI is InChI=1S/C18H33N3OS.ClH/c1-13(2)7-6-8-15(5)21(10-9-14(3)4)18(22)16-12-23-17(11-19)20-16;/h12-15H,6-11,19H2,1-5H3;1H. The first kappa shape index (κ1) is 23.4. The third-order valence-electron chi connectivity index (χ3n) is 4.09. The van der Waals surface area contributed by atoms with Crippen LogP contribution in [0.5, 0.6) is 0 Å². The highest BCUT2D eigenvalue weighted by molar-refractivity contribution is 7.09. The van der Waals surface area contributed by atoms with E-state index in [4.69, 9.17) is 5.73 Å². The lowest BCUT2D eigenvalue weighted by molar-refractivity contribution is 0.0666. The Morgan fingerprint density at radius 1 is 1.17 bits per heavy atom. The number of thiazole rings is 1. The van der Waals surface area contributed by atoms with E-state index in [9.17, 15) is 4.79 Å². The topological polar surface area (TPSA) is 59.2 Å². The molecule has 1 aromatic rings. The minimum absolute atomic E-state index is 0. The molecule has 0 radical (unpaired) electrons. The van der Waals surface area contributed by atoms with E-state index < -0.39 is 0 Å². The van der Waals surface area contributed by atoms with Crippen LogP contribution in [-0.2, 0) is 6.54 Å². The van der Waals surface area contributed by atoms with Gasteiger partial charge in [0.25, 0.3) is 5.91 Å². The highest BCUT2D eigenvalue weighted by atomic mass is 35.5. The van der Waals surface area contributed by atoms with Gasteiger partial charge >= 0.3 is 0 Å². The third kappa shape index (κ3) is 7.95. The normalized spacial score (nSPS) is 12.3. The minimum Gasteiger partial charge on any atom is -0.335 e. The smallest absolute Gasteiger partial charge is 0.273 e. The van der Waals surface area contributed by atoms with Gasteiger partial charge in [-0.1, -0.05) is 40.5 Å². The molecule has 0 aromatic carbocycles. The number of halogens is 1. The molecule has 0 saturated carbocycles. The second-order valence-electron chi connectivity index (χ2n) is 7.19. The van der Waals surface area contributed by atoms with E-state index in [1.54, 1.807) is 0 Å². The summed E-state index contributed by atoms with van der Waals surface area (Å²) in [7, 11) is 0. The van der Waals surface area contributed by atoms with Gasteiger partial charge in [-0.3, -0.25) is 4.79 Å². The molecule has 1 rings (SSSR count). The number of carbonyl (C=O) groups excluding carboxylic acids is 1. The summed E-state index contributed by atoms with van der Waals surface area (Å²) in [5.74, 6) is 1.36. The number of rotatable bonds is 10. The lowest BCUT2D eigenvalue weighted by Crippen LogP contribution is -2.40. The van der Waals surface area contributed by atoms with Crippen LogP contribution < -0.4 is 5.73 Å². The lowest BCUT2D eigenvalue weighted by Gasteiger charge is -2.29. The Morgan fingerprint density at radius 2 is 1.79 bits per heavy atom. The Kier molecular flexibility index (Phi) is 11.5. The van der Waals surface area contributed by atoms with Crippen molar-refractivity contribution in [3.8, 4) is 0 Å². The Morgan fingerprint density at radius 3 is 2.29 bits per heavy atom. The van der Waals surface area contributed by atoms with Crippen molar-refractivity contribution >= 4 is 29.7 Å². The molecule has 1 aromatic heterocycles. The fourth-order valence-corrected chi connectivity index (χ4v) is 3.20. The molecule has 0 saturated heterocycles. The summed E-state index contributed by atoms with van der Waals surface area (Å²) >= 11 is 1.47. The van der Waals surface area contributed by atoms with Gasteiger partial charge in [0.15, 0.2) is 0 Å². The maximum atomic E-state index is 12.9. The van der Waals surface area contributed by atoms with E-state index in [1.165, 1.54) is 17.8 Å². The summed E-state index contributed by atoms with van der Waals surface area (Å²) in [4.78, 5) is 19.2. The summed E-state index contributed by atoms with van der Waals surface area (Å²) < 4.78 is 0. The maximum Gasteiger partial charge on any atom is 0.273 e. The summed E-state index contributed by atoms with van der Waals surface area (Å²) in [6.45, 7) is 12.2. The Balaban J connectivity index is 0.00000529. The zero-order chi connectivity index (χ0) is 17.4. The van der Waals surface area contributed by atoms with Gasteiger partial charge in [0.2, 0.25) is 0 Å². The van der Waals surface area contributed by atoms with Crippen LogP contribution in [0.1, 0.15) is 75.8 Å². The fourth-order valence-electron chi connectivity index (χ4n) is 2.55. The average molecular weight is 376 g/mol. The van der Waals surface area contributed by atoms with Gasteiger partial charge in [-0.05, 0) is 31.6 Å². The van der Waals surface area contributed by atoms with Crippen molar-refractivity contribution in [1.82, 2.24) is 9.88 Å². The molecule has 140 valence electrons. The van der Waals surface area contributed by atoms with Gasteiger partial charge in [-0.2, -0.15) is 0 Å². The Labute approximate surface area is 157 Å². The summed E-state index contributed by atoms with van der Waals surface area (Å²) in [6, 6.07) is 0.253. The summed E-state index contributed by atoms with van der Waals surface area (Å²) in [6.07, 6.45) is 4.45. The first-order valence-corrected chi connectivity index (χ1v) is 9.68. The predicted molar refractivity (Wildman–Crippen MR) is 106 cm³/mol. The van der Waals surface area contributed by atoms with E-state index >= 15 is 0 Å². The molecule has 0 aliphatic heterocycles. The van der Waals surface area contributed by atoms with Gasteiger partial charge < -0.3 is 10.6 Å². The first-order chi connectivity index (χ1) is 10.8. The zero-order valence-electron chi connectivity index (χ0n) is 15.7. The van der Waals surface area contributed by atoms with Gasteiger partial charge in [0, 0.05) is 24.5 Å². The van der Waals surface area contributed by atoms with Gasteiger partial charge in [-0.25, -0.2) is 4.98 Å². The highest BCUT2D eigenvalue weighted by Crippen LogP contribution is 2.18. The maximum absolute atomic E-state index is 12.9. The van der Waals surface area contributed by atoms with Crippen LogP contribution in [0.2, 0.25) is 0 Å². The van der Waals surface area contributed by atoms with Crippen LogP contribution in [0.3, 0.4) is 0 Å². The van der Waals surface area contributed by atoms with Gasteiger partial charge in [-0.15, -0.1) is 23.7 Å². The van der Waals surface area contributed by atoms with E-state index in [1.807, 2.05) is 10.3 Å². The van der Waals surface area contributed by atoms with Crippen LogP contribution in [-0.4, -0.2) is 28.4 Å². The zero-order valence-corrected chi connectivity index (χ0v) is 17.4. The quantitative estimate of drug-likeness (QED) is 0.643. The number of carbonyl (C=O) groups is 1. The molecule has 1 amide bonds. The monoisotopic (exact) mass is 375 g/mol.